The van der Waals surface area contributed by atoms with Crippen LogP contribution in [0.25, 0.3) is 11.1 Å². The molecule has 2 aromatic carbocycles. The second-order valence-corrected chi connectivity index (χ2v) is 9.44. The standard InChI is InChI=1S/C28H32N2O5/c1-2-7-25(27(32)33)30-26(31)15-18-12-13-19(14-18)16-29-28(34)35-17-24-22-10-5-3-8-20(22)21-9-4-6-11-23(21)24/h2-6,8-11,18-19,24-25H,1,7,12-17H2,(H,29,34)(H,30,31)(H,32,33). The zero-order chi connectivity index (χ0) is 24.8. The molecule has 7 heteroatoms. The van der Waals surface area contributed by atoms with Gasteiger partial charge in [-0.2, -0.15) is 0 Å². The summed E-state index contributed by atoms with van der Waals surface area (Å²) in [6.07, 6.45) is 4.15. The normalized spacial score (nSPS) is 19.3. The van der Waals surface area contributed by atoms with Gasteiger partial charge in [-0.1, -0.05) is 54.6 Å². The van der Waals surface area contributed by atoms with Crippen molar-refractivity contribution in [3.05, 3.63) is 72.3 Å². The SMILES string of the molecule is C=CCC(NC(=O)CC1CCC(CNC(=O)OCC2c3ccccc3-c3ccccc32)C1)C(=O)O. The van der Waals surface area contributed by atoms with Crippen LogP contribution in [0.3, 0.4) is 0 Å². The van der Waals surface area contributed by atoms with Crippen LogP contribution in [-0.4, -0.2) is 42.3 Å². The summed E-state index contributed by atoms with van der Waals surface area (Å²) in [5.41, 5.74) is 4.74. The van der Waals surface area contributed by atoms with E-state index in [0.29, 0.717) is 13.0 Å². The van der Waals surface area contributed by atoms with Gasteiger partial charge in [-0.15, -0.1) is 6.58 Å². The first-order valence-electron chi connectivity index (χ1n) is 12.2. The molecule has 3 atom stereocenters. The Morgan fingerprint density at radius 1 is 1.03 bits per heavy atom. The number of amides is 2. The van der Waals surface area contributed by atoms with Crippen molar-refractivity contribution in [2.24, 2.45) is 11.8 Å². The molecule has 1 fully saturated rings. The van der Waals surface area contributed by atoms with Gasteiger partial charge in [0.25, 0.3) is 0 Å². The molecule has 3 unspecified atom stereocenters. The third-order valence-electron chi connectivity index (χ3n) is 7.04. The lowest BCUT2D eigenvalue weighted by molar-refractivity contribution is -0.141. The molecule has 2 aromatic rings. The largest absolute Gasteiger partial charge is 0.480 e. The van der Waals surface area contributed by atoms with Crippen LogP contribution < -0.4 is 10.6 Å². The van der Waals surface area contributed by atoms with E-state index < -0.39 is 18.1 Å². The first kappa shape index (κ1) is 24.5. The number of carbonyl (C=O) groups is 3. The third kappa shape index (κ3) is 5.91. The summed E-state index contributed by atoms with van der Waals surface area (Å²) in [6, 6.07) is 15.5. The molecule has 0 aliphatic heterocycles. The van der Waals surface area contributed by atoms with Crippen LogP contribution >= 0.6 is 0 Å². The Kier molecular flexibility index (Phi) is 7.85. The number of carboxylic acid groups (broad SMARTS) is 1. The molecule has 0 aromatic heterocycles. The average Bonchev–Trinajstić information content (AvgIpc) is 3.43. The zero-order valence-corrected chi connectivity index (χ0v) is 19.7. The molecule has 7 nitrogen and oxygen atoms in total. The second kappa shape index (κ2) is 11.2. The molecular formula is C28H32N2O5. The Bertz CT molecular complexity index is 1050. The minimum Gasteiger partial charge on any atom is -0.480 e. The van der Waals surface area contributed by atoms with Crippen molar-refractivity contribution in [2.45, 2.75) is 44.1 Å². The molecule has 3 N–H and O–H groups in total. The van der Waals surface area contributed by atoms with Gasteiger partial charge in [0, 0.05) is 18.9 Å². The van der Waals surface area contributed by atoms with Gasteiger partial charge >= 0.3 is 12.1 Å². The van der Waals surface area contributed by atoms with Crippen LogP contribution in [0.1, 0.15) is 49.1 Å². The summed E-state index contributed by atoms with van der Waals surface area (Å²) in [7, 11) is 0. The van der Waals surface area contributed by atoms with Crippen LogP contribution in [0.5, 0.6) is 0 Å². The van der Waals surface area contributed by atoms with E-state index in [1.807, 2.05) is 24.3 Å². The minimum absolute atomic E-state index is 0.0261. The van der Waals surface area contributed by atoms with E-state index in [0.717, 1.165) is 19.3 Å². The van der Waals surface area contributed by atoms with Crippen molar-refractivity contribution in [3.63, 3.8) is 0 Å². The van der Waals surface area contributed by atoms with Gasteiger partial charge in [0.2, 0.25) is 5.91 Å². The van der Waals surface area contributed by atoms with Crippen molar-refractivity contribution < 1.29 is 24.2 Å². The lowest BCUT2D eigenvalue weighted by atomic mass is 9.98. The Morgan fingerprint density at radius 2 is 1.66 bits per heavy atom. The smallest absolute Gasteiger partial charge is 0.407 e. The highest BCUT2D eigenvalue weighted by Gasteiger charge is 2.30. The number of benzene rings is 2. The fraction of sp³-hybridized carbons (Fsp3) is 0.393. The number of carboxylic acids is 1. The molecular weight excluding hydrogens is 444 g/mol. The number of ether oxygens (including phenoxy) is 1. The van der Waals surface area contributed by atoms with Gasteiger partial charge in [0.15, 0.2) is 0 Å². The Hall–Kier alpha value is -3.61. The van der Waals surface area contributed by atoms with E-state index in [9.17, 15) is 19.5 Å². The van der Waals surface area contributed by atoms with Gasteiger partial charge < -0.3 is 20.5 Å². The third-order valence-corrected chi connectivity index (χ3v) is 7.04. The van der Waals surface area contributed by atoms with Crippen molar-refractivity contribution in [2.75, 3.05) is 13.2 Å². The lowest BCUT2D eigenvalue weighted by Gasteiger charge is -2.16. The van der Waals surface area contributed by atoms with Crippen LogP contribution in [0, 0.1) is 11.8 Å². The molecule has 0 saturated heterocycles. The highest BCUT2D eigenvalue weighted by atomic mass is 16.5. The Labute approximate surface area is 205 Å². The molecule has 0 heterocycles. The number of nitrogens with one attached hydrogen (secondary N) is 2. The molecule has 184 valence electrons. The van der Waals surface area contributed by atoms with Crippen LogP contribution in [-0.2, 0) is 14.3 Å². The minimum atomic E-state index is -1.06. The Morgan fingerprint density at radius 3 is 2.29 bits per heavy atom. The molecule has 0 spiro atoms. The van der Waals surface area contributed by atoms with Crippen molar-refractivity contribution in [1.29, 1.82) is 0 Å². The zero-order valence-electron chi connectivity index (χ0n) is 19.7. The molecule has 2 aliphatic rings. The number of aliphatic carboxylic acids is 1. The van der Waals surface area contributed by atoms with E-state index in [2.05, 4.69) is 41.5 Å². The summed E-state index contributed by atoms with van der Waals surface area (Å²) in [5.74, 6) is -0.832. The molecule has 35 heavy (non-hydrogen) atoms. The predicted octanol–water partition coefficient (Wildman–Crippen LogP) is 4.48. The number of hydrogen-bond acceptors (Lipinski definition) is 4. The van der Waals surface area contributed by atoms with Crippen molar-refractivity contribution >= 4 is 18.0 Å². The summed E-state index contributed by atoms with van der Waals surface area (Å²) in [6.45, 7) is 4.32. The summed E-state index contributed by atoms with van der Waals surface area (Å²) < 4.78 is 5.60. The molecule has 0 bridgehead atoms. The van der Waals surface area contributed by atoms with Gasteiger partial charge in [-0.05, 0) is 59.8 Å². The summed E-state index contributed by atoms with van der Waals surface area (Å²) >= 11 is 0. The van der Waals surface area contributed by atoms with Crippen LogP contribution in [0.4, 0.5) is 4.79 Å². The molecule has 2 amide bonds. The molecule has 2 aliphatic carbocycles. The molecule has 4 rings (SSSR count). The highest BCUT2D eigenvalue weighted by molar-refractivity contribution is 5.83. The monoisotopic (exact) mass is 476 g/mol. The van der Waals surface area contributed by atoms with Gasteiger partial charge in [-0.3, -0.25) is 4.79 Å². The quantitative estimate of drug-likeness (QED) is 0.439. The molecule has 1 saturated carbocycles. The van der Waals surface area contributed by atoms with E-state index in [4.69, 9.17) is 4.74 Å². The van der Waals surface area contributed by atoms with Crippen LogP contribution in [0.2, 0.25) is 0 Å². The van der Waals surface area contributed by atoms with Gasteiger partial charge in [0.05, 0.1) is 0 Å². The van der Waals surface area contributed by atoms with Crippen LogP contribution in [0.15, 0.2) is 61.2 Å². The fourth-order valence-corrected chi connectivity index (χ4v) is 5.33. The first-order chi connectivity index (χ1) is 17.0. The fourth-order valence-electron chi connectivity index (χ4n) is 5.33. The van der Waals surface area contributed by atoms with Gasteiger partial charge in [-0.25, -0.2) is 9.59 Å². The number of fused-ring (bicyclic) bond motifs is 3. The molecule has 0 radical (unpaired) electrons. The predicted molar refractivity (Wildman–Crippen MR) is 133 cm³/mol. The maximum atomic E-state index is 12.4. The maximum absolute atomic E-state index is 12.4. The number of carbonyl (C=O) groups excluding carboxylic acids is 2. The van der Waals surface area contributed by atoms with E-state index >= 15 is 0 Å². The lowest BCUT2D eigenvalue weighted by Crippen LogP contribution is -2.40. The maximum Gasteiger partial charge on any atom is 0.407 e. The topological polar surface area (TPSA) is 105 Å². The second-order valence-electron chi connectivity index (χ2n) is 9.44. The van der Waals surface area contributed by atoms with E-state index in [1.54, 1.807) is 0 Å². The highest BCUT2D eigenvalue weighted by Crippen LogP contribution is 2.44. The number of alkyl carbamates (subject to hydrolysis) is 1. The average molecular weight is 477 g/mol. The van der Waals surface area contributed by atoms with Crippen molar-refractivity contribution in [3.8, 4) is 11.1 Å². The Balaban J connectivity index is 1.21. The first-order valence-corrected chi connectivity index (χ1v) is 12.2. The summed E-state index contributed by atoms with van der Waals surface area (Å²) in [4.78, 5) is 35.9. The van der Waals surface area contributed by atoms with Crippen molar-refractivity contribution in [1.82, 2.24) is 10.6 Å². The summed E-state index contributed by atoms with van der Waals surface area (Å²) in [5, 5.41) is 14.6. The van der Waals surface area contributed by atoms with E-state index in [1.165, 1.54) is 28.3 Å². The van der Waals surface area contributed by atoms with Gasteiger partial charge in [0.1, 0.15) is 12.6 Å². The number of hydrogen-bond donors (Lipinski definition) is 3. The van der Waals surface area contributed by atoms with E-state index in [-0.39, 0.29) is 36.7 Å². The number of rotatable bonds is 10.